The summed E-state index contributed by atoms with van der Waals surface area (Å²) in [6.45, 7) is 4.49. The largest absolute Gasteiger partial charge is 0.292 e. The van der Waals surface area contributed by atoms with Gasteiger partial charge in [-0.05, 0) is 75.2 Å². The number of hydrogen-bond donors (Lipinski definition) is 0. The Hall–Kier alpha value is -4.17. The van der Waals surface area contributed by atoms with Gasteiger partial charge >= 0.3 is 0 Å². The first-order chi connectivity index (χ1) is 17.3. The molecule has 168 valence electrons. The van der Waals surface area contributed by atoms with Crippen LogP contribution in [0.4, 0.5) is 0 Å². The van der Waals surface area contributed by atoms with Crippen LogP contribution in [-0.4, -0.2) is 9.38 Å². The van der Waals surface area contributed by atoms with E-state index in [-0.39, 0.29) is 0 Å². The Morgan fingerprint density at radius 3 is 1.91 bits per heavy atom. The first-order valence-electron chi connectivity index (χ1n) is 12.5. The number of nitrogens with zero attached hydrogens (tertiary/aromatic N) is 2. The molecule has 0 aliphatic rings. The van der Waals surface area contributed by atoms with Gasteiger partial charge in [0.25, 0.3) is 0 Å². The van der Waals surface area contributed by atoms with Gasteiger partial charge in [0.1, 0.15) is 5.65 Å². The minimum Gasteiger partial charge on any atom is -0.292 e. The van der Waals surface area contributed by atoms with E-state index in [4.69, 9.17) is 4.98 Å². The zero-order chi connectivity index (χ0) is 23.5. The number of hydrogen-bond acceptors (Lipinski definition) is 1. The smallest absolute Gasteiger partial charge is 0.145 e. The molecule has 0 radical (unpaired) electrons. The Labute approximate surface area is 204 Å². The highest BCUT2D eigenvalue weighted by atomic mass is 15.0. The molecule has 0 atom stereocenters. The maximum absolute atomic E-state index is 5.02. The molecule has 0 saturated carbocycles. The highest BCUT2D eigenvalue weighted by Crippen LogP contribution is 2.38. The van der Waals surface area contributed by atoms with Crippen molar-refractivity contribution in [1.29, 1.82) is 0 Å². The number of imidazole rings is 1. The van der Waals surface area contributed by atoms with E-state index < -0.39 is 0 Å². The molecule has 35 heavy (non-hydrogen) atoms. The molecular weight excluding hydrogens is 424 g/mol. The molecule has 2 heteroatoms. The molecule has 2 nitrogen and oxygen atoms in total. The molecule has 0 bridgehead atoms. The standard InChI is InChI=1S/C33H26N2/c1-3-21-12-9-13-22(4-2)32(21)31-20-34-33-28-15-8-7-14-27(28)29-18-25-16-23-10-5-6-11-24(23)17-26(25)19-30(29)35(31)33/h5-20H,3-4H2,1-2H3. The number of fused-ring (bicyclic) bond motifs is 8. The van der Waals surface area contributed by atoms with E-state index in [1.165, 1.54) is 65.6 Å². The molecule has 0 unspecified atom stereocenters. The van der Waals surface area contributed by atoms with Gasteiger partial charge in [-0.25, -0.2) is 4.98 Å². The predicted octanol–water partition coefficient (Wildman–Crippen LogP) is 8.74. The van der Waals surface area contributed by atoms with Crippen LogP contribution in [0.2, 0.25) is 0 Å². The topological polar surface area (TPSA) is 17.3 Å². The molecule has 2 heterocycles. The molecule has 0 N–H and O–H groups in total. The molecule has 0 aliphatic heterocycles. The van der Waals surface area contributed by atoms with Crippen molar-refractivity contribution in [2.75, 3.05) is 0 Å². The molecule has 7 aromatic rings. The van der Waals surface area contributed by atoms with Crippen molar-refractivity contribution in [3.05, 3.63) is 108 Å². The lowest BCUT2D eigenvalue weighted by atomic mass is 9.95. The molecule has 7 rings (SSSR count). The Morgan fingerprint density at radius 2 is 1.23 bits per heavy atom. The van der Waals surface area contributed by atoms with Gasteiger partial charge in [0, 0.05) is 16.3 Å². The third kappa shape index (κ3) is 2.93. The summed E-state index contributed by atoms with van der Waals surface area (Å²) in [5.41, 5.74) is 7.50. The fourth-order valence-electron chi connectivity index (χ4n) is 5.83. The van der Waals surface area contributed by atoms with Crippen molar-refractivity contribution < 1.29 is 0 Å². The summed E-state index contributed by atoms with van der Waals surface area (Å²) in [5, 5.41) is 8.78. The Kier molecular flexibility index (Phi) is 4.44. The maximum atomic E-state index is 5.02. The summed E-state index contributed by atoms with van der Waals surface area (Å²) < 4.78 is 2.40. The molecule has 2 aromatic heterocycles. The summed E-state index contributed by atoms with van der Waals surface area (Å²) >= 11 is 0. The van der Waals surface area contributed by atoms with E-state index in [1.54, 1.807) is 0 Å². The number of benzene rings is 5. The zero-order valence-corrected chi connectivity index (χ0v) is 20.0. The number of aryl methyl sites for hydroxylation is 2. The Balaban J connectivity index is 1.70. The van der Waals surface area contributed by atoms with Crippen LogP contribution in [0.25, 0.3) is 60.1 Å². The van der Waals surface area contributed by atoms with Crippen LogP contribution in [0.15, 0.2) is 97.2 Å². The maximum Gasteiger partial charge on any atom is 0.145 e. The van der Waals surface area contributed by atoms with Gasteiger partial charge in [0.15, 0.2) is 0 Å². The molecule has 0 amide bonds. The van der Waals surface area contributed by atoms with Crippen molar-refractivity contribution in [2.24, 2.45) is 0 Å². The molecule has 0 saturated heterocycles. The molecule has 5 aromatic carbocycles. The SMILES string of the molecule is CCc1cccc(CC)c1-c1cnc2c3ccccc3c3cc4cc5ccccc5cc4cc3n12. The fraction of sp³-hybridized carbons (Fsp3) is 0.121. The van der Waals surface area contributed by atoms with Crippen LogP contribution in [0.1, 0.15) is 25.0 Å². The van der Waals surface area contributed by atoms with Crippen LogP contribution in [0, 0.1) is 0 Å². The highest BCUT2D eigenvalue weighted by Gasteiger charge is 2.18. The van der Waals surface area contributed by atoms with Crippen molar-refractivity contribution in [3.63, 3.8) is 0 Å². The lowest BCUT2D eigenvalue weighted by Gasteiger charge is -2.16. The van der Waals surface area contributed by atoms with E-state index >= 15 is 0 Å². The second kappa shape index (κ2) is 7.68. The van der Waals surface area contributed by atoms with E-state index in [0.717, 1.165) is 18.5 Å². The van der Waals surface area contributed by atoms with E-state index in [1.807, 2.05) is 0 Å². The monoisotopic (exact) mass is 450 g/mol. The average Bonchev–Trinajstić information content (AvgIpc) is 3.35. The minimum absolute atomic E-state index is 0.997. The highest BCUT2D eigenvalue weighted by molar-refractivity contribution is 6.16. The van der Waals surface area contributed by atoms with Crippen LogP contribution in [0.5, 0.6) is 0 Å². The minimum atomic E-state index is 0.997. The van der Waals surface area contributed by atoms with E-state index in [2.05, 4.69) is 115 Å². The summed E-state index contributed by atoms with van der Waals surface area (Å²) in [6.07, 6.45) is 4.08. The van der Waals surface area contributed by atoms with E-state index in [9.17, 15) is 0 Å². The van der Waals surface area contributed by atoms with E-state index in [0.29, 0.717) is 0 Å². The fourth-order valence-corrected chi connectivity index (χ4v) is 5.83. The summed E-state index contributed by atoms with van der Waals surface area (Å²) in [4.78, 5) is 5.02. The summed E-state index contributed by atoms with van der Waals surface area (Å²) in [7, 11) is 0. The average molecular weight is 451 g/mol. The van der Waals surface area contributed by atoms with Gasteiger partial charge in [-0.2, -0.15) is 0 Å². The van der Waals surface area contributed by atoms with Crippen molar-refractivity contribution >= 4 is 48.9 Å². The third-order valence-electron chi connectivity index (χ3n) is 7.54. The summed E-state index contributed by atoms with van der Waals surface area (Å²) in [6, 6.07) is 33.4. The zero-order valence-electron chi connectivity index (χ0n) is 20.0. The van der Waals surface area contributed by atoms with Crippen LogP contribution in [-0.2, 0) is 12.8 Å². The third-order valence-corrected chi connectivity index (χ3v) is 7.54. The second-order valence-corrected chi connectivity index (χ2v) is 9.42. The first-order valence-corrected chi connectivity index (χ1v) is 12.5. The normalized spacial score (nSPS) is 11.9. The van der Waals surface area contributed by atoms with Gasteiger partial charge in [-0.3, -0.25) is 4.40 Å². The lowest BCUT2D eigenvalue weighted by Crippen LogP contribution is -1.99. The molecular formula is C33H26N2. The van der Waals surface area contributed by atoms with Gasteiger partial charge in [-0.1, -0.05) is 80.6 Å². The van der Waals surface area contributed by atoms with Gasteiger partial charge in [0.2, 0.25) is 0 Å². The molecule has 0 spiro atoms. The van der Waals surface area contributed by atoms with Gasteiger partial charge < -0.3 is 0 Å². The van der Waals surface area contributed by atoms with Crippen molar-refractivity contribution in [3.8, 4) is 11.3 Å². The molecule has 0 fully saturated rings. The number of rotatable bonds is 3. The molecule has 0 aliphatic carbocycles. The van der Waals surface area contributed by atoms with Crippen LogP contribution >= 0.6 is 0 Å². The number of aromatic nitrogens is 2. The first kappa shape index (κ1) is 20.2. The van der Waals surface area contributed by atoms with Crippen LogP contribution < -0.4 is 0 Å². The Bertz CT molecular complexity index is 1900. The lowest BCUT2D eigenvalue weighted by molar-refractivity contribution is 1.08. The summed E-state index contributed by atoms with van der Waals surface area (Å²) in [5.74, 6) is 0. The van der Waals surface area contributed by atoms with Crippen LogP contribution in [0.3, 0.4) is 0 Å². The van der Waals surface area contributed by atoms with Gasteiger partial charge in [0.05, 0.1) is 17.4 Å². The van der Waals surface area contributed by atoms with Gasteiger partial charge in [-0.15, -0.1) is 0 Å². The van der Waals surface area contributed by atoms with Crippen molar-refractivity contribution in [2.45, 2.75) is 26.7 Å². The second-order valence-electron chi connectivity index (χ2n) is 9.42. The van der Waals surface area contributed by atoms with Crippen molar-refractivity contribution in [1.82, 2.24) is 9.38 Å². The predicted molar refractivity (Wildman–Crippen MR) is 149 cm³/mol. The quantitative estimate of drug-likeness (QED) is 0.194. The number of pyridine rings is 1. The Morgan fingerprint density at radius 1 is 0.600 bits per heavy atom.